The van der Waals surface area contributed by atoms with Gasteiger partial charge >= 0.3 is 5.97 Å². The van der Waals surface area contributed by atoms with Gasteiger partial charge in [0.25, 0.3) is 0 Å². The maximum absolute atomic E-state index is 11.4. The van der Waals surface area contributed by atoms with Crippen LogP contribution in [0, 0.1) is 12.8 Å². The van der Waals surface area contributed by atoms with Crippen LogP contribution in [0.3, 0.4) is 0 Å². The van der Waals surface area contributed by atoms with Crippen molar-refractivity contribution in [2.45, 2.75) is 26.7 Å². The molecule has 0 radical (unpaired) electrons. The van der Waals surface area contributed by atoms with Gasteiger partial charge in [0, 0.05) is 18.7 Å². The molecule has 1 atom stereocenters. The van der Waals surface area contributed by atoms with Gasteiger partial charge in [-0.3, -0.25) is 14.7 Å². The third kappa shape index (κ3) is 4.26. The van der Waals surface area contributed by atoms with Crippen molar-refractivity contribution in [2.24, 2.45) is 5.92 Å². The summed E-state index contributed by atoms with van der Waals surface area (Å²) in [5, 5.41) is 17.9. The third-order valence-corrected chi connectivity index (χ3v) is 2.58. The standard InChI is InChI=1S/C11H17N3O3/c1-7(11(16)17)5-12-10(15)4-3-9-6-13-14-8(9)2/h6-7H,3-5H2,1-2H3,(H,12,15)(H,13,14)(H,16,17). The second kappa shape index (κ2) is 6.03. The molecule has 1 unspecified atom stereocenters. The number of nitrogens with zero attached hydrogens (tertiary/aromatic N) is 1. The molecule has 1 amide bonds. The van der Waals surface area contributed by atoms with Crippen molar-refractivity contribution in [1.29, 1.82) is 0 Å². The summed E-state index contributed by atoms with van der Waals surface area (Å²) in [4.78, 5) is 22.0. The molecular weight excluding hydrogens is 222 g/mol. The van der Waals surface area contributed by atoms with Crippen molar-refractivity contribution in [3.63, 3.8) is 0 Å². The van der Waals surface area contributed by atoms with E-state index in [1.807, 2.05) is 6.92 Å². The Morgan fingerprint density at radius 3 is 2.82 bits per heavy atom. The molecule has 0 bridgehead atoms. The minimum atomic E-state index is -0.907. The maximum Gasteiger partial charge on any atom is 0.308 e. The Hall–Kier alpha value is -1.85. The fraction of sp³-hybridized carbons (Fsp3) is 0.545. The predicted molar refractivity (Wildman–Crippen MR) is 61.5 cm³/mol. The lowest BCUT2D eigenvalue weighted by Gasteiger charge is -2.08. The van der Waals surface area contributed by atoms with Gasteiger partial charge in [0.05, 0.1) is 12.1 Å². The normalized spacial score (nSPS) is 12.1. The van der Waals surface area contributed by atoms with Crippen LogP contribution in [0.2, 0.25) is 0 Å². The number of hydrogen-bond acceptors (Lipinski definition) is 3. The van der Waals surface area contributed by atoms with Crippen LogP contribution < -0.4 is 5.32 Å². The van der Waals surface area contributed by atoms with E-state index in [-0.39, 0.29) is 12.5 Å². The summed E-state index contributed by atoms with van der Waals surface area (Å²) in [6.07, 6.45) is 2.64. The van der Waals surface area contributed by atoms with Crippen LogP contribution in [-0.4, -0.2) is 33.7 Å². The van der Waals surface area contributed by atoms with Crippen molar-refractivity contribution in [3.05, 3.63) is 17.5 Å². The zero-order valence-corrected chi connectivity index (χ0v) is 9.99. The van der Waals surface area contributed by atoms with Crippen molar-refractivity contribution in [3.8, 4) is 0 Å². The van der Waals surface area contributed by atoms with E-state index in [4.69, 9.17) is 5.11 Å². The average Bonchev–Trinajstić information content (AvgIpc) is 2.68. The number of hydrogen-bond donors (Lipinski definition) is 3. The van der Waals surface area contributed by atoms with E-state index in [0.717, 1.165) is 11.3 Å². The van der Waals surface area contributed by atoms with Crippen LogP contribution >= 0.6 is 0 Å². The topological polar surface area (TPSA) is 95.1 Å². The lowest BCUT2D eigenvalue weighted by atomic mass is 10.1. The highest BCUT2D eigenvalue weighted by Gasteiger charge is 2.12. The van der Waals surface area contributed by atoms with E-state index in [1.54, 1.807) is 13.1 Å². The lowest BCUT2D eigenvalue weighted by molar-refractivity contribution is -0.141. The van der Waals surface area contributed by atoms with Gasteiger partial charge in [0.1, 0.15) is 0 Å². The first-order chi connectivity index (χ1) is 8.00. The summed E-state index contributed by atoms with van der Waals surface area (Å²) in [6, 6.07) is 0. The Morgan fingerprint density at radius 2 is 2.29 bits per heavy atom. The number of aliphatic carboxylic acids is 1. The van der Waals surface area contributed by atoms with E-state index in [2.05, 4.69) is 15.5 Å². The first-order valence-corrected chi connectivity index (χ1v) is 5.49. The molecule has 94 valence electrons. The first kappa shape index (κ1) is 13.2. The zero-order valence-electron chi connectivity index (χ0n) is 9.99. The minimum Gasteiger partial charge on any atom is -0.481 e. The van der Waals surface area contributed by atoms with Crippen molar-refractivity contribution in [1.82, 2.24) is 15.5 Å². The fourth-order valence-electron chi connectivity index (χ4n) is 1.32. The summed E-state index contributed by atoms with van der Waals surface area (Å²) >= 11 is 0. The average molecular weight is 239 g/mol. The summed E-state index contributed by atoms with van der Waals surface area (Å²) < 4.78 is 0. The number of rotatable bonds is 6. The molecule has 1 aromatic rings. The van der Waals surface area contributed by atoms with Crippen LogP contribution in [0.5, 0.6) is 0 Å². The molecule has 17 heavy (non-hydrogen) atoms. The number of aromatic amines is 1. The van der Waals surface area contributed by atoms with E-state index in [1.165, 1.54) is 0 Å². The summed E-state index contributed by atoms with van der Waals surface area (Å²) in [5.41, 5.74) is 1.96. The van der Waals surface area contributed by atoms with Crippen LogP contribution in [-0.2, 0) is 16.0 Å². The molecule has 0 saturated heterocycles. The molecule has 6 heteroatoms. The van der Waals surface area contributed by atoms with Gasteiger partial charge in [0.2, 0.25) is 5.91 Å². The van der Waals surface area contributed by atoms with Crippen LogP contribution in [0.4, 0.5) is 0 Å². The van der Waals surface area contributed by atoms with Gasteiger partial charge in [-0.25, -0.2) is 0 Å². The van der Waals surface area contributed by atoms with Gasteiger partial charge in [-0.1, -0.05) is 6.92 Å². The quantitative estimate of drug-likeness (QED) is 0.673. The number of carbonyl (C=O) groups excluding carboxylic acids is 1. The second-order valence-electron chi connectivity index (χ2n) is 4.06. The molecule has 0 aliphatic carbocycles. The van der Waals surface area contributed by atoms with E-state index >= 15 is 0 Å². The Bertz CT molecular complexity index is 400. The van der Waals surface area contributed by atoms with Crippen molar-refractivity contribution in [2.75, 3.05) is 6.54 Å². The van der Waals surface area contributed by atoms with Crippen molar-refractivity contribution >= 4 is 11.9 Å². The summed E-state index contributed by atoms with van der Waals surface area (Å²) in [6.45, 7) is 3.62. The smallest absolute Gasteiger partial charge is 0.308 e. The number of nitrogens with one attached hydrogen (secondary N) is 2. The highest BCUT2D eigenvalue weighted by molar-refractivity contribution is 5.77. The molecule has 1 aromatic heterocycles. The molecule has 1 heterocycles. The molecule has 6 nitrogen and oxygen atoms in total. The first-order valence-electron chi connectivity index (χ1n) is 5.49. The highest BCUT2D eigenvalue weighted by Crippen LogP contribution is 2.05. The Labute approximate surface area is 99.4 Å². The number of carboxylic acids is 1. The minimum absolute atomic E-state index is 0.140. The van der Waals surface area contributed by atoms with Crippen LogP contribution in [0.25, 0.3) is 0 Å². The maximum atomic E-state index is 11.4. The van der Waals surface area contributed by atoms with Gasteiger partial charge in [0.15, 0.2) is 0 Å². The molecule has 0 spiro atoms. The molecular formula is C11H17N3O3. The number of aromatic nitrogens is 2. The molecule has 0 fully saturated rings. The number of carbonyl (C=O) groups is 2. The monoisotopic (exact) mass is 239 g/mol. The third-order valence-electron chi connectivity index (χ3n) is 2.58. The zero-order chi connectivity index (χ0) is 12.8. The van der Waals surface area contributed by atoms with Gasteiger partial charge in [-0.05, 0) is 18.9 Å². The van der Waals surface area contributed by atoms with Crippen LogP contribution in [0.1, 0.15) is 24.6 Å². The van der Waals surface area contributed by atoms with Gasteiger partial charge in [-0.2, -0.15) is 5.10 Å². The Balaban J connectivity index is 2.27. The molecule has 0 saturated carbocycles. The largest absolute Gasteiger partial charge is 0.481 e. The van der Waals surface area contributed by atoms with E-state index in [0.29, 0.717) is 12.8 Å². The fourth-order valence-corrected chi connectivity index (χ4v) is 1.32. The number of amides is 1. The summed E-state index contributed by atoms with van der Waals surface area (Å²) in [7, 11) is 0. The van der Waals surface area contributed by atoms with Crippen LogP contribution in [0.15, 0.2) is 6.20 Å². The van der Waals surface area contributed by atoms with Crippen molar-refractivity contribution < 1.29 is 14.7 Å². The summed E-state index contributed by atoms with van der Waals surface area (Å²) in [5.74, 6) is -1.61. The second-order valence-corrected chi connectivity index (χ2v) is 4.06. The lowest BCUT2D eigenvalue weighted by Crippen LogP contribution is -2.31. The SMILES string of the molecule is Cc1[nH]ncc1CCC(=O)NCC(C)C(=O)O. The van der Waals surface area contributed by atoms with E-state index < -0.39 is 11.9 Å². The predicted octanol–water partition coefficient (Wildman–Crippen LogP) is 0.488. The number of H-pyrrole nitrogens is 1. The van der Waals surface area contributed by atoms with Gasteiger partial charge < -0.3 is 10.4 Å². The molecule has 0 aliphatic heterocycles. The van der Waals surface area contributed by atoms with E-state index in [9.17, 15) is 9.59 Å². The highest BCUT2D eigenvalue weighted by atomic mass is 16.4. The molecule has 3 N–H and O–H groups in total. The molecule has 0 aliphatic rings. The number of carboxylic acid groups (broad SMARTS) is 1. The Morgan fingerprint density at radius 1 is 1.59 bits per heavy atom. The van der Waals surface area contributed by atoms with Gasteiger partial charge in [-0.15, -0.1) is 0 Å². The number of aryl methyl sites for hydroxylation is 2. The molecule has 0 aromatic carbocycles. The Kier molecular flexibility index (Phi) is 4.68. The molecule has 1 rings (SSSR count).